The average molecular weight is 178 g/mol. The van der Waals surface area contributed by atoms with Crippen LogP contribution < -0.4 is 11.2 Å². The Balaban J connectivity index is 2.52. The third kappa shape index (κ3) is 1.47. The van der Waals surface area contributed by atoms with Gasteiger partial charge in [0.1, 0.15) is 0 Å². The zero-order valence-electron chi connectivity index (χ0n) is 7.09. The maximum atomic E-state index is 11.3. The Hall–Kier alpha value is -1.58. The van der Waals surface area contributed by atoms with Crippen molar-refractivity contribution in [1.29, 1.82) is 0 Å². The van der Waals surface area contributed by atoms with Crippen LogP contribution in [-0.2, 0) is 0 Å². The predicted molar refractivity (Wildman–Crippen MR) is 49.5 cm³/mol. The fourth-order valence-electron chi connectivity index (χ4n) is 1.56. The van der Waals surface area contributed by atoms with E-state index in [4.69, 9.17) is 0 Å². The number of H-pyrrole nitrogens is 2. The van der Waals surface area contributed by atoms with Gasteiger partial charge >= 0.3 is 5.69 Å². The first-order valence-corrected chi connectivity index (χ1v) is 4.29. The van der Waals surface area contributed by atoms with Crippen molar-refractivity contribution in [2.24, 2.45) is 0 Å². The second-order valence-electron chi connectivity index (χ2n) is 3.11. The van der Waals surface area contributed by atoms with Gasteiger partial charge in [0, 0.05) is 6.20 Å². The number of allylic oxidation sites excluding steroid dienone is 2. The van der Waals surface area contributed by atoms with Crippen LogP contribution >= 0.6 is 0 Å². The Labute approximate surface area is 74.3 Å². The van der Waals surface area contributed by atoms with Crippen LogP contribution in [0, 0.1) is 0 Å². The number of nitrogens with one attached hydrogen (secondary N) is 2. The van der Waals surface area contributed by atoms with Crippen molar-refractivity contribution in [3.63, 3.8) is 0 Å². The molecule has 0 aromatic carbocycles. The number of rotatable bonds is 1. The largest absolute Gasteiger partial charge is 0.325 e. The summed E-state index contributed by atoms with van der Waals surface area (Å²) < 4.78 is 0. The Bertz CT molecular complexity index is 453. The van der Waals surface area contributed by atoms with Gasteiger partial charge in [0.05, 0.1) is 5.56 Å². The molecule has 68 valence electrons. The van der Waals surface area contributed by atoms with Gasteiger partial charge in [0.2, 0.25) is 0 Å². The highest BCUT2D eigenvalue weighted by molar-refractivity contribution is 5.65. The average Bonchev–Trinajstić information content (AvgIpc) is 2.56. The van der Waals surface area contributed by atoms with E-state index in [1.165, 1.54) is 6.20 Å². The monoisotopic (exact) mass is 178 g/mol. The van der Waals surface area contributed by atoms with E-state index in [0.717, 1.165) is 24.8 Å². The zero-order valence-corrected chi connectivity index (χ0v) is 7.09. The summed E-state index contributed by atoms with van der Waals surface area (Å²) in [5, 5.41) is 0. The molecule has 1 aromatic heterocycles. The van der Waals surface area contributed by atoms with E-state index < -0.39 is 5.69 Å². The lowest BCUT2D eigenvalue weighted by molar-refractivity contribution is 0.930. The first kappa shape index (κ1) is 8.04. The molecule has 4 heteroatoms. The van der Waals surface area contributed by atoms with E-state index in [1.807, 2.05) is 6.08 Å². The molecule has 0 atom stereocenters. The highest BCUT2D eigenvalue weighted by atomic mass is 16.2. The summed E-state index contributed by atoms with van der Waals surface area (Å²) in [6.07, 6.45) is 6.57. The fraction of sp³-hybridized carbons (Fsp3) is 0.333. The van der Waals surface area contributed by atoms with Gasteiger partial charge < -0.3 is 4.98 Å². The first-order chi connectivity index (χ1) is 6.27. The van der Waals surface area contributed by atoms with E-state index in [2.05, 4.69) is 9.97 Å². The molecular formula is C9H10N2O2. The number of aromatic amines is 2. The minimum atomic E-state index is -0.452. The molecule has 0 fully saturated rings. The topological polar surface area (TPSA) is 65.7 Å². The van der Waals surface area contributed by atoms with Crippen molar-refractivity contribution >= 4 is 5.57 Å². The molecule has 0 aliphatic heterocycles. The Morgan fingerprint density at radius 3 is 2.77 bits per heavy atom. The third-order valence-corrected chi connectivity index (χ3v) is 2.21. The van der Waals surface area contributed by atoms with Crippen molar-refractivity contribution in [1.82, 2.24) is 9.97 Å². The Morgan fingerprint density at radius 2 is 2.15 bits per heavy atom. The third-order valence-electron chi connectivity index (χ3n) is 2.21. The molecule has 1 aromatic rings. The molecule has 0 saturated heterocycles. The smallest absolute Gasteiger partial charge is 0.314 e. The van der Waals surface area contributed by atoms with Gasteiger partial charge in [0.15, 0.2) is 0 Å². The minimum Gasteiger partial charge on any atom is -0.314 e. The zero-order chi connectivity index (χ0) is 9.26. The lowest BCUT2D eigenvalue weighted by Crippen LogP contribution is -2.23. The van der Waals surface area contributed by atoms with Gasteiger partial charge in [-0.05, 0) is 24.8 Å². The first-order valence-electron chi connectivity index (χ1n) is 4.29. The molecule has 2 rings (SSSR count). The fourth-order valence-corrected chi connectivity index (χ4v) is 1.56. The molecule has 0 saturated carbocycles. The normalized spacial score (nSPS) is 15.8. The second-order valence-corrected chi connectivity index (χ2v) is 3.11. The van der Waals surface area contributed by atoms with E-state index in [-0.39, 0.29) is 5.56 Å². The Morgan fingerprint density at radius 1 is 1.31 bits per heavy atom. The predicted octanol–water partition coefficient (Wildman–Crippen LogP) is 0.630. The van der Waals surface area contributed by atoms with Crippen molar-refractivity contribution in [2.45, 2.75) is 19.3 Å². The second kappa shape index (κ2) is 3.05. The molecule has 13 heavy (non-hydrogen) atoms. The highest BCUT2D eigenvalue weighted by Gasteiger charge is 2.10. The van der Waals surface area contributed by atoms with Crippen molar-refractivity contribution in [3.05, 3.63) is 38.7 Å². The summed E-state index contributed by atoms with van der Waals surface area (Å²) in [7, 11) is 0. The molecule has 0 spiro atoms. The summed E-state index contributed by atoms with van der Waals surface area (Å²) >= 11 is 0. The van der Waals surface area contributed by atoms with Crippen LogP contribution in [0.3, 0.4) is 0 Å². The van der Waals surface area contributed by atoms with Crippen LogP contribution in [0.4, 0.5) is 0 Å². The van der Waals surface area contributed by atoms with Crippen LogP contribution in [0.2, 0.25) is 0 Å². The maximum Gasteiger partial charge on any atom is 0.325 e. The van der Waals surface area contributed by atoms with Crippen molar-refractivity contribution in [2.75, 3.05) is 0 Å². The number of aromatic nitrogens is 2. The minimum absolute atomic E-state index is 0.295. The highest BCUT2D eigenvalue weighted by Crippen LogP contribution is 2.24. The summed E-state index contributed by atoms with van der Waals surface area (Å²) in [5.41, 5.74) is 0.888. The standard InChI is InChI=1S/C9H10N2O2/c12-8-7(5-10-9(13)11-8)6-3-1-2-4-6/h3,5H,1-2,4H2,(H2,10,11,12,13). The van der Waals surface area contributed by atoms with Gasteiger partial charge in [-0.1, -0.05) is 6.08 Å². The van der Waals surface area contributed by atoms with Gasteiger partial charge in [0.25, 0.3) is 5.56 Å². The summed E-state index contributed by atoms with van der Waals surface area (Å²) in [6.45, 7) is 0. The number of hydrogen-bond acceptors (Lipinski definition) is 2. The van der Waals surface area contributed by atoms with Gasteiger partial charge in [-0.3, -0.25) is 9.78 Å². The molecule has 0 bridgehead atoms. The molecular weight excluding hydrogens is 168 g/mol. The maximum absolute atomic E-state index is 11.3. The van der Waals surface area contributed by atoms with E-state index in [0.29, 0.717) is 5.56 Å². The van der Waals surface area contributed by atoms with Gasteiger partial charge in [-0.25, -0.2) is 4.79 Å². The lowest BCUT2D eigenvalue weighted by atomic mass is 10.1. The van der Waals surface area contributed by atoms with E-state index in [1.54, 1.807) is 0 Å². The van der Waals surface area contributed by atoms with Crippen molar-refractivity contribution in [3.8, 4) is 0 Å². The Kier molecular flexibility index (Phi) is 1.88. The van der Waals surface area contributed by atoms with Crippen LogP contribution in [0.1, 0.15) is 24.8 Å². The molecule has 1 aliphatic carbocycles. The lowest BCUT2D eigenvalue weighted by Gasteiger charge is -1.98. The van der Waals surface area contributed by atoms with Crippen LogP contribution in [0.25, 0.3) is 5.57 Å². The van der Waals surface area contributed by atoms with E-state index >= 15 is 0 Å². The molecule has 4 nitrogen and oxygen atoms in total. The van der Waals surface area contributed by atoms with Crippen LogP contribution in [-0.4, -0.2) is 9.97 Å². The molecule has 0 unspecified atom stereocenters. The summed E-state index contributed by atoms with van der Waals surface area (Å²) in [6, 6.07) is 0. The molecule has 2 N–H and O–H groups in total. The SMILES string of the molecule is O=c1[nH]cc(C2=CCCC2)c(=O)[nH]1. The molecule has 1 aliphatic rings. The van der Waals surface area contributed by atoms with Crippen LogP contribution in [0.5, 0.6) is 0 Å². The molecule has 0 amide bonds. The van der Waals surface area contributed by atoms with Crippen LogP contribution in [0.15, 0.2) is 21.9 Å². The summed E-state index contributed by atoms with van der Waals surface area (Å²) in [5.74, 6) is 0. The number of hydrogen-bond donors (Lipinski definition) is 2. The molecule has 0 radical (unpaired) electrons. The quantitative estimate of drug-likeness (QED) is 0.662. The summed E-state index contributed by atoms with van der Waals surface area (Å²) in [4.78, 5) is 26.7. The van der Waals surface area contributed by atoms with Gasteiger partial charge in [-0.15, -0.1) is 0 Å². The van der Waals surface area contributed by atoms with Crippen molar-refractivity contribution < 1.29 is 0 Å². The van der Waals surface area contributed by atoms with E-state index in [9.17, 15) is 9.59 Å². The van der Waals surface area contributed by atoms with Gasteiger partial charge in [-0.2, -0.15) is 0 Å². The molecule has 1 heterocycles.